The highest BCUT2D eigenvalue weighted by Gasteiger charge is 2.17. The third-order valence-corrected chi connectivity index (χ3v) is 3.89. The van der Waals surface area contributed by atoms with Gasteiger partial charge in [-0.25, -0.2) is 14.8 Å². The van der Waals surface area contributed by atoms with Gasteiger partial charge >= 0.3 is 5.69 Å². The van der Waals surface area contributed by atoms with Crippen LogP contribution in [0.4, 0.5) is 0 Å². The Balaban J connectivity index is 1.99. The van der Waals surface area contributed by atoms with Gasteiger partial charge in [-0.1, -0.05) is 42.5 Å². The fourth-order valence-electron chi connectivity index (χ4n) is 2.74. The van der Waals surface area contributed by atoms with Crippen molar-refractivity contribution in [2.24, 2.45) is 0 Å². The normalized spacial score (nSPS) is 12.8. The highest BCUT2D eigenvalue weighted by molar-refractivity contribution is 5.82. The van der Waals surface area contributed by atoms with Crippen LogP contribution in [0.15, 0.2) is 59.4 Å². The lowest BCUT2D eigenvalue weighted by atomic mass is 10.1. The molecule has 0 aliphatic heterocycles. The maximum Gasteiger partial charge on any atom is 0.329 e. The first-order valence-corrected chi connectivity index (χ1v) is 7.16. The number of aromatic amines is 1. The van der Waals surface area contributed by atoms with Crippen molar-refractivity contribution in [1.29, 1.82) is 0 Å². The van der Waals surface area contributed by atoms with E-state index in [0.717, 1.165) is 16.6 Å². The van der Waals surface area contributed by atoms with Gasteiger partial charge in [-0.15, -0.1) is 0 Å². The number of H-pyrrole nitrogens is 1. The Morgan fingerprint density at radius 3 is 2.32 bits per heavy atom. The van der Waals surface area contributed by atoms with Crippen molar-refractivity contribution < 1.29 is 0 Å². The van der Waals surface area contributed by atoms with Gasteiger partial charge in [0.25, 0.3) is 0 Å². The van der Waals surface area contributed by atoms with E-state index in [2.05, 4.69) is 15.0 Å². The van der Waals surface area contributed by atoms with Crippen LogP contribution in [0.2, 0.25) is 0 Å². The van der Waals surface area contributed by atoms with Crippen LogP contribution in [0, 0.1) is 0 Å². The van der Waals surface area contributed by atoms with Crippen LogP contribution in [-0.2, 0) is 0 Å². The Kier molecular flexibility index (Phi) is 2.79. The number of nitrogens with one attached hydrogen (secondary N) is 1. The molecular formula is C17H14N4O. The second-order valence-electron chi connectivity index (χ2n) is 5.27. The average Bonchev–Trinajstić information content (AvgIpc) is 2.87. The van der Waals surface area contributed by atoms with Gasteiger partial charge in [0.15, 0.2) is 11.3 Å². The van der Waals surface area contributed by atoms with Crippen molar-refractivity contribution in [2.45, 2.75) is 13.0 Å². The van der Waals surface area contributed by atoms with E-state index in [0.29, 0.717) is 11.3 Å². The minimum atomic E-state index is -0.193. The van der Waals surface area contributed by atoms with E-state index >= 15 is 0 Å². The van der Waals surface area contributed by atoms with Gasteiger partial charge in [0.05, 0.1) is 17.1 Å². The summed E-state index contributed by atoms with van der Waals surface area (Å²) in [5, 5.41) is 0. The molecule has 5 heteroatoms. The molecule has 0 radical (unpaired) electrons. The molecule has 4 aromatic rings. The fraction of sp³-hybridized carbons (Fsp3) is 0.118. The zero-order chi connectivity index (χ0) is 15.1. The smallest absolute Gasteiger partial charge is 0.289 e. The Bertz CT molecular complexity index is 1020. The maximum absolute atomic E-state index is 12.4. The lowest BCUT2D eigenvalue weighted by molar-refractivity contribution is 0.631. The monoisotopic (exact) mass is 290 g/mol. The molecule has 0 amide bonds. The Labute approximate surface area is 126 Å². The molecule has 4 rings (SSSR count). The van der Waals surface area contributed by atoms with E-state index in [9.17, 15) is 4.79 Å². The van der Waals surface area contributed by atoms with Crippen LogP contribution in [0.5, 0.6) is 0 Å². The van der Waals surface area contributed by atoms with E-state index in [-0.39, 0.29) is 11.7 Å². The molecule has 2 heterocycles. The first kappa shape index (κ1) is 12.8. The summed E-state index contributed by atoms with van der Waals surface area (Å²) >= 11 is 0. The molecule has 0 bridgehead atoms. The van der Waals surface area contributed by atoms with Crippen LogP contribution in [-0.4, -0.2) is 19.5 Å². The van der Waals surface area contributed by atoms with Gasteiger partial charge in [-0.05, 0) is 24.6 Å². The number of hydrogen-bond acceptors (Lipinski definition) is 3. The van der Waals surface area contributed by atoms with Crippen molar-refractivity contribution in [2.75, 3.05) is 0 Å². The van der Waals surface area contributed by atoms with Crippen LogP contribution in [0.25, 0.3) is 22.3 Å². The zero-order valence-corrected chi connectivity index (χ0v) is 12.0. The Hall–Kier alpha value is -2.95. The third-order valence-electron chi connectivity index (χ3n) is 3.89. The number of imidazole rings is 1. The summed E-state index contributed by atoms with van der Waals surface area (Å²) in [7, 11) is 0. The molecule has 5 nitrogen and oxygen atoms in total. The van der Waals surface area contributed by atoms with Crippen LogP contribution in [0.1, 0.15) is 18.5 Å². The van der Waals surface area contributed by atoms with Crippen LogP contribution < -0.4 is 5.69 Å². The summed E-state index contributed by atoms with van der Waals surface area (Å²) in [6.07, 6.45) is 0. The summed E-state index contributed by atoms with van der Waals surface area (Å²) < 4.78 is 1.66. The van der Waals surface area contributed by atoms with E-state index in [1.165, 1.54) is 0 Å². The average molecular weight is 290 g/mol. The number of benzene rings is 2. The predicted octanol–water partition coefficient (Wildman–Crippen LogP) is 2.88. The summed E-state index contributed by atoms with van der Waals surface area (Å²) in [4.78, 5) is 24.3. The predicted molar refractivity (Wildman–Crippen MR) is 85.9 cm³/mol. The number of rotatable bonds is 2. The van der Waals surface area contributed by atoms with Crippen molar-refractivity contribution in [1.82, 2.24) is 19.5 Å². The number of nitrogens with zero attached hydrogens (tertiary/aromatic N) is 3. The summed E-state index contributed by atoms with van der Waals surface area (Å²) in [6, 6.07) is 17.4. The number of fused-ring (bicyclic) bond motifs is 2. The second-order valence-corrected chi connectivity index (χ2v) is 5.27. The first-order chi connectivity index (χ1) is 10.7. The quantitative estimate of drug-likeness (QED) is 0.617. The van der Waals surface area contributed by atoms with Gasteiger partial charge in [0, 0.05) is 0 Å². The molecule has 2 aromatic carbocycles. The third kappa shape index (κ3) is 1.90. The van der Waals surface area contributed by atoms with Gasteiger partial charge in [0.2, 0.25) is 0 Å². The summed E-state index contributed by atoms with van der Waals surface area (Å²) in [6.45, 7) is 1.99. The molecule has 0 saturated heterocycles. The molecular weight excluding hydrogens is 276 g/mol. The summed E-state index contributed by atoms with van der Waals surface area (Å²) in [5.41, 5.74) is 3.52. The van der Waals surface area contributed by atoms with E-state index in [1.54, 1.807) is 4.57 Å². The number of para-hydroxylation sites is 2. The molecule has 0 aliphatic carbocycles. The Morgan fingerprint density at radius 2 is 1.59 bits per heavy atom. The van der Waals surface area contributed by atoms with Gasteiger partial charge in [-0.2, -0.15) is 0 Å². The standard InChI is InChI=1S/C17H14N4O/c1-11(12-7-3-2-4-8-12)21-16-15(20-17(21)22)18-13-9-5-6-10-14(13)19-16/h2-11H,1H3,(H,18,20,22)/t11-/m0/s1. The molecule has 22 heavy (non-hydrogen) atoms. The van der Waals surface area contributed by atoms with E-state index in [1.807, 2.05) is 61.5 Å². The molecule has 2 aromatic heterocycles. The largest absolute Gasteiger partial charge is 0.329 e. The first-order valence-electron chi connectivity index (χ1n) is 7.16. The van der Waals surface area contributed by atoms with Gasteiger partial charge < -0.3 is 0 Å². The van der Waals surface area contributed by atoms with Crippen molar-refractivity contribution in [3.8, 4) is 0 Å². The van der Waals surface area contributed by atoms with Crippen molar-refractivity contribution in [3.63, 3.8) is 0 Å². The van der Waals surface area contributed by atoms with Gasteiger partial charge in [-0.3, -0.25) is 9.55 Å². The molecule has 1 atom stereocenters. The topological polar surface area (TPSA) is 63.6 Å². The van der Waals surface area contributed by atoms with Crippen LogP contribution >= 0.6 is 0 Å². The number of aromatic nitrogens is 4. The SMILES string of the molecule is C[C@@H](c1ccccc1)n1c(=O)[nH]c2nc3ccccc3nc21. The lowest BCUT2D eigenvalue weighted by Gasteiger charge is -2.13. The zero-order valence-electron chi connectivity index (χ0n) is 12.0. The van der Waals surface area contributed by atoms with Crippen molar-refractivity contribution >= 4 is 22.3 Å². The minimum absolute atomic E-state index is 0.113. The molecule has 0 unspecified atom stereocenters. The van der Waals surface area contributed by atoms with Crippen molar-refractivity contribution in [3.05, 3.63) is 70.6 Å². The van der Waals surface area contributed by atoms with Gasteiger partial charge in [0.1, 0.15) is 0 Å². The number of hydrogen-bond donors (Lipinski definition) is 1. The van der Waals surface area contributed by atoms with E-state index < -0.39 is 0 Å². The molecule has 0 spiro atoms. The molecule has 0 aliphatic rings. The summed E-state index contributed by atoms with van der Waals surface area (Å²) in [5.74, 6) is 0. The lowest BCUT2D eigenvalue weighted by Crippen LogP contribution is -2.21. The molecule has 0 saturated carbocycles. The molecule has 0 fully saturated rings. The van der Waals surface area contributed by atoms with Crippen LogP contribution in [0.3, 0.4) is 0 Å². The minimum Gasteiger partial charge on any atom is -0.289 e. The Morgan fingerprint density at radius 1 is 0.955 bits per heavy atom. The maximum atomic E-state index is 12.4. The van der Waals surface area contributed by atoms with E-state index in [4.69, 9.17) is 0 Å². The molecule has 108 valence electrons. The highest BCUT2D eigenvalue weighted by atomic mass is 16.1. The fourth-order valence-corrected chi connectivity index (χ4v) is 2.74. The highest BCUT2D eigenvalue weighted by Crippen LogP contribution is 2.20. The second kappa shape index (κ2) is 4.80. The molecule has 1 N–H and O–H groups in total.